The molecule has 12 heavy (non-hydrogen) atoms. The molecule has 0 aliphatic carbocycles. The predicted octanol–water partition coefficient (Wildman–Crippen LogP) is 2.08. The number of thioether (sulfide) groups is 1. The monoisotopic (exact) mass is 188 g/mol. The SMILES string of the molecule is CC(=O)O[C@H]1CS[C@H](C(C)C)C1. The molecule has 1 aliphatic heterocycles. The first-order chi connectivity index (χ1) is 5.59. The van der Waals surface area contributed by atoms with Gasteiger partial charge in [0.15, 0.2) is 0 Å². The number of hydrogen-bond donors (Lipinski definition) is 0. The lowest BCUT2D eigenvalue weighted by molar-refractivity contribution is -0.145. The van der Waals surface area contributed by atoms with Crippen LogP contribution in [-0.4, -0.2) is 23.1 Å². The Morgan fingerprint density at radius 2 is 2.25 bits per heavy atom. The second-order valence-electron chi connectivity index (χ2n) is 3.58. The van der Waals surface area contributed by atoms with Crippen molar-refractivity contribution in [1.29, 1.82) is 0 Å². The van der Waals surface area contributed by atoms with Crippen LogP contribution in [0.4, 0.5) is 0 Å². The number of carbonyl (C=O) groups is 1. The van der Waals surface area contributed by atoms with Gasteiger partial charge in [0.1, 0.15) is 6.10 Å². The molecule has 2 atom stereocenters. The van der Waals surface area contributed by atoms with Gasteiger partial charge in [0.05, 0.1) is 0 Å². The van der Waals surface area contributed by atoms with E-state index in [2.05, 4.69) is 13.8 Å². The van der Waals surface area contributed by atoms with E-state index in [1.807, 2.05) is 11.8 Å². The molecule has 0 aromatic carbocycles. The summed E-state index contributed by atoms with van der Waals surface area (Å²) >= 11 is 1.92. The van der Waals surface area contributed by atoms with Crippen molar-refractivity contribution in [1.82, 2.24) is 0 Å². The zero-order valence-electron chi connectivity index (χ0n) is 7.87. The highest BCUT2D eigenvalue weighted by Gasteiger charge is 2.29. The molecule has 1 fully saturated rings. The minimum absolute atomic E-state index is 0.148. The van der Waals surface area contributed by atoms with Crippen LogP contribution in [0.5, 0.6) is 0 Å². The fraction of sp³-hybridized carbons (Fsp3) is 0.889. The molecule has 1 saturated heterocycles. The van der Waals surface area contributed by atoms with Gasteiger partial charge in [-0.2, -0.15) is 11.8 Å². The normalized spacial score (nSPS) is 29.3. The molecule has 2 nitrogen and oxygen atoms in total. The third-order valence-electron chi connectivity index (χ3n) is 2.07. The minimum atomic E-state index is -0.148. The molecule has 1 heterocycles. The Morgan fingerprint density at radius 1 is 1.58 bits per heavy atom. The average molecular weight is 188 g/mol. The first-order valence-electron chi connectivity index (χ1n) is 4.38. The molecule has 1 rings (SSSR count). The van der Waals surface area contributed by atoms with Gasteiger partial charge >= 0.3 is 5.97 Å². The highest BCUT2D eigenvalue weighted by molar-refractivity contribution is 8.00. The van der Waals surface area contributed by atoms with Crippen LogP contribution in [0.2, 0.25) is 0 Å². The van der Waals surface area contributed by atoms with Crippen molar-refractivity contribution in [3.63, 3.8) is 0 Å². The Labute approximate surface area is 78.1 Å². The van der Waals surface area contributed by atoms with E-state index < -0.39 is 0 Å². The lowest BCUT2D eigenvalue weighted by Gasteiger charge is -2.13. The summed E-state index contributed by atoms with van der Waals surface area (Å²) < 4.78 is 5.13. The first kappa shape index (κ1) is 9.90. The van der Waals surface area contributed by atoms with E-state index in [-0.39, 0.29) is 12.1 Å². The van der Waals surface area contributed by atoms with Crippen LogP contribution in [0.1, 0.15) is 27.2 Å². The van der Waals surface area contributed by atoms with Gasteiger partial charge in [0.25, 0.3) is 0 Å². The van der Waals surface area contributed by atoms with Crippen LogP contribution < -0.4 is 0 Å². The van der Waals surface area contributed by atoms with Crippen LogP contribution in [0, 0.1) is 5.92 Å². The molecule has 0 aromatic heterocycles. The zero-order chi connectivity index (χ0) is 9.14. The Hall–Kier alpha value is -0.180. The summed E-state index contributed by atoms with van der Waals surface area (Å²) in [5.41, 5.74) is 0. The van der Waals surface area contributed by atoms with Crippen molar-refractivity contribution in [2.45, 2.75) is 38.5 Å². The van der Waals surface area contributed by atoms with Crippen LogP contribution in [-0.2, 0) is 9.53 Å². The van der Waals surface area contributed by atoms with Gasteiger partial charge in [-0.25, -0.2) is 0 Å². The Bertz CT molecular complexity index is 168. The lowest BCUT2D eigenvalue weighted by Crippen LogP contribution is -2.17. The largest absolute Gasteiger partial charge is 0.462 e. The number of esters is 1. The maximum Gasteiger partial charge on any atom is 0.302 e. The average Bonchev–Trinajstić information content (AvgIpc) is 2.34. The third kappa shape index (κ3) is 2.70. The maximum absolute atomic E-state index is 10.6. The van der Waals surface area contributed by atoms with Gasteiger partial charge in [-0.1, -0.05) is 13.8 Å². The van der Waals surface area contributed by atoms with Gasteiger partial charge < -0.3 is 4.74 Å². The van der Waals surface area contributed by atoms with Crippen LogP contribution in [0.15, 0.2) is 0 Å². The molecule has 0 radical (unpaired) electrons. The van der Waals surface area contributed by atoms with Crippen LogP contribution in [0.25, 0.3) is 0 Å². The van der Waals surface area contributed by atoms with E-state index in [0.29, 0.717) is 11.2 Å². The van der Waals surface area contributed by atoms with E-state index >= 15 is 0 Å². The topological polar surface area (TPSA) is 26.3 Å². The molecule has 0 aromatic rings. The van der Waals surface area contributed by atoms with Gasteiger partial charge in [0.2, 0.25) is 0 Å². The molecule has 0 bridgehead atoms. The number of hydrogen-bond acceptors (Lipinski definition) is 3. The van der Waals surface area contributed by atoms with Gasteiger partial charge in [-0.05, 0) is 12.3 Å². The van der Waals surface area contributed by atoms with E-state index in [9.17, 15) is 4.79 Å². The molecule has 1 aliphatic rings. The summed E-state index contributed by atoms with van der Waals surface area (Å²) in [5.74, 6) is 1.52. The molecule has 0 amide bonds. The number of ether oxygens (including phenoxy) is 1. The van der Waals surface area contributed by atoms with Crippen molar-refractivity contribution in [3.05, 3.63) is 0 Å². The second kappa shape index (κ2) is 4.17. The quantitative estimate of drug-likeness (QED) is 0.621. The summed E-state index contributed by atoms with van der Waals surface area (Å²) in [6.45, 7) is 5.91. The smallest absolute Gasteiger partial charge is 0.302 e. The summed E-state index contributed by atoms with van der Waals surface area (Å²) in [4.78, 5) is 10.6. The lowest BCUT2D eigenvalue weighted by atomic mass is 10.1. The highest BCUT2D eigenvalue weighted by atomic mass is 32.2. The van der Waals surface area contributed by atoms with Gasteiger partial charge in [-0.15, -0.1) is 0 Å². The highest BCUT2D eigenvalue weighted by Crippen LogP contribution is 2.33. The third-order valence-corrected chi connectivity index (χ3v) is 3.80. The first-order valence-corrected chi connectivity index (χ1v) is 5.43. The van der Waals surface area contributed by atoms with Crippen molar-refractivity contribution >= 4 is 17.7 Å². The van der Waals surface area contributed by atoms with Crippen LogP contribution in [0.3, 0.4) is 0 Å². The standard InChI is InChI=1S/C9H16O2S/c1-6(2)9-4-8(5-12-9)11-7(3)10/h6,8-9H,4-5H2,1-3H3/t8-,9+/m1/s1. The van der Waals surface area contributed by atoms with Crippen molar-refractivity contribution in [3.8, 4) is 0 Å². The number of carbonyl (C=O) groups excluding carboxylic acids is 1. The van der Waals surface area contributed by atoms with E-state index in [1.165, 1.54) is 6.92 Å². The van der Waals surface area contributed by atoms with Gasteiger partial charge in [-0.3, -0.25) is 4.79 Å². The van der Waals surface area contributed by atoms with Crippen molar-refractivity contribution in [2.24, 2.45) is 5.92 Å². The van der Waals surface area contributed by atoms with E-state index in [4.69, 9.17) is 4.74 Å². The molecule has 0 unspecified atom stereocenters. The van der Waals surface area contributed by atoms with Crippen LogP contribution >= 0.6 is 11.8 Å². The fourth-order valence-electron chi connectivity index (χ4n) is 1.41. The summed E-state index contributed by atoms with van der Waals surface area (Å²) in [5, 5.41) is 0.675. The number of rotatable bonds is 2. The fourth-order valence-corrected chi connectivity index (χ4v) is 2.81. The summed E-state index contributed by atoms with van der Waals surface area (Å²) in [7, 11) is 0. The zero-order valence-corrected chi connectivity index (χ0v) is 8.69. The Balaban J connectivity index is 2.30. The molecule has 70 valence electrons. The van der Waals surface area contributed by atoms with Gasteiger partial charge in [0, 0.05) is 17.9 Å². The molecular weight excluding hydrogens is 172 g/mol. The van der Waals surface area contributed by atoms with E-state index in [1.54, 1.807) is 0 Å². The van der Waals surface area contributed by atoms with Crippen molar-refractivity contribution < 1.29 is 9.53 Å². The van der Waals surface area contributed by atoms with E-state index in [0.717, 1.165) is 12.2 Å². The molecule has 0 N–H and O–H groups in total. The summed E-state index contributed by atoms with van der Waals surface area (Å²) in [6, 6.07) is 0. The van der Waals surface area contributed by atoms with Crippen molar-refractivity contribution in [2.75, 3.05) is 5.75 Å². The molecule has 0 spiro atoms. The second-order valence-corrected chi connectivity index (χ2v) is 4.86. The minimum Gasteiger partial charge on any atom is -0.462 e. The molecular formula is C9H16O2S. The Kier molecular flexibility index (Phi) is 3.44. The Morgan fingerprint density at radius 3 is 2.67 bits per heavy atom. The predicted molar refractivity (Wildman–Crippen MR) is 51.3 cm³/mol. The molecule has 3 heteroatoms. The summed E-state index contributed by atoms with van der Waals surface area (Å²) in [6.07, 6.45) is 1.20. The maximum atomic E-state index is 10.6. The molecule has 0 saturated carbocycles.